The Morgan fingerprint density at radius 1 is 0.481 bits per heavy atom. The molecule has 6 heteroatoms. The Labute approximate surface area is 175 Å². The molecule has 0 aromatic heterocycles. The van der Waals surface area contributed by atoms with Crippen LogP contribution in [0.4, 0.5) is 0 Å². The molecule has 0 saturated carbocycles. The molecule has 0 aromatic rings. The third-order valence-corrected chi connectivity index (χ3v) is 5.91. The molecule has 166 valence electrons. The van der Waals surface area contributed by atoms with E-state index < -0.39 is 10.1 Å². The molecule has 0 amide bonds. The maximum absolute atomic E-state index is 10.6. The molecule has 0 atom stereocenters. The monoisotopic (exact) mass is 427 g/mol. The Balaban J connectivity index is 0. The second kappa shape index (κ2) is 22.4. The van der Waals surface area contributed by atoms with Crippen molar-refractivity contribution in [1.29, 1.82) is 0 Å². The van der Waals surface area contributed by atoms with Crippen molar-refractivity contribution in [2.45, 2.75) is 122 Å². The third kappa shape index (κ3) is 28.5. The predicted octanol–water partition coefficient (Wildman–Crippen LogP) is 6.67. The van der Waals surface area contributed by atoms with Crippen LogP contribution in [-0.4, -0.2) is 25.3 Å². The van der Waals surface area contributed by atoms with Gasteiger partial charge < -0.3 is 5.73 Å². The molecule has 0 aliphatic rings. The lowest BCUT2D eigenvalue weighted by Gasteiger charge is -2.04. The largest absolute Gasteiger partial charge is 0.330 e. The lowest BCUT2D eigenvalue weighted by atomic mass is 10.0. The first-order chi connectivity index (χ1) is 12.6. The second-order valence-corrected chi connectivity index (χ2v) is 9.36. The minimum Gasteiger partial charge on any atom is -0.330 e. The highest BCUT2D eigenvalue weighted by molar-refractivity contribution is 7.85. The van der Waals surface area contributed by atoms with Gasteiger partial charge in [-0.05, 0) is 19.4 Å². The van der Waals surface area contributed by atoms with E-state index in [9.17, 15) is 8.42 Å². The number of nitrogens with two attached hydrogens (primary N) is 1. The van der Waals surface area contributed by atoms with Gasteiger partial charge in [0.1, 0.15) is 0 Å². The Morgan fingerprint density at radius 2 is 0.704 bits per heavy atom. The van der Waals surface area contributed by atoms with Gasteiger partial charge in [0.25, 0.3) is 10.1 Å². The number of halogens is 1. The van der Waals surface area contributed by atoms with Crippen molar-refractivity contribution in [3.8, 4) is 0 Å². The van der Waals surface area contributed by atoms with E-state index in [1.807, 2.05) is 0 Å². The van der Waals surface area contributed by atoms with Crippen molar-refractivity contribution >= 4 is 22.5 Å². The van der Waals surface area contributed by atoms with Crippen molar-refractivity contribution in [2.75, 3.05) is 12.3 Å². The molecule has 0 bridgehead atoms. The van der Waals surface area contributed by atoms with Crippen LogP contribution in [0.15, 0.2) is 0 Å². The summed E-state index contributed by atoms with van der Waals surface area (Å²) >= 11 is 0. The minimum atomic E-state index is -3.75. The van der Waals surface area contributed by atoms with Crippen LogP contribution in [0.3, 0.4) is 0 Å². The van der Waals surface area contributed by atoms with Crippen molar-refractivity contribution in [1.82, 2.24) is 0 Å². The second-order valence-electron chi connectivity index (χ2n) is 7.79. The molecule has 4 nitrogen and oxygen atoms in total. The van der Waals surface area contributed by atoms with E-state index in [1.54, 1.807) is 0 Å². The van der Waals surface area contributed by atoms with E-state index in [0.717, 1.165) is 19.4 Å². The Hall–Kier alpha value is 0.160. The van der Waals surface area contributed by atoms with Crippen molar-refractivity contribution in [3.05, 3.63) is 0 Å². The van der Waals surface area contributed by atoms with Gasteiger partial charge in [-0.15, -0.1) is 12.4 Å². The summed E-state index contributed by atoms with van der Waals surface area (Å²) in [6.45, 7) is 0.847. The highest BCUT2D eigenvalue weighted by atomic mass is 35.5. The fraction of sp³-hybridized carbons (Fsp3) is 1.00. The van der Waals surface area contributed by atoms with Crippen LogP contribution < -0.4 is 5.73 Å². The fourth-order valence-electron chi connectivity index (χ4n) is 3.43. The van der Waals surface area contributed by atoms with Crippen molar-refractivity contribution < 1.29 is 13.0 Å². The number of hydrogen-bond donors (Lipinski definition) is 2. The molecule has 0 heterocycles. The van der Waals surface area contributed by atoms with Gasteiger partial charge in [0.05, 0.1) is 5.75 Å². The Morgan fingerprint density at radius 3 is 0.926 bits per heavy atom. The van der Waals surface area contributed by atoms with E-state index in [1.165, 1.54) is 103 Å². The van der Waals surface area contributed by atoms with E-state index in [0.29, 0.717) is 6.42 Å². The lowest BCUT2D eigenvalue weighted by Crippen LogP contribution is -2.03. The average molecular weight is 428 g/mol. The molecule has 27 heavy (non-hydrogen) atoms. The summed E-state index contributed by atoms with van der Waals surface area (Å²) in [5.74, 6) is -0.0816. The molecule has 0 saturated heterocycles. The molecule has 3 N–H and O–H groups in total. The highest BCUT2D eigenvalue weighted by Gasteiger charge is 2.02. The summed E-state index contributed by atoms with van der Waals surface area (Å²) in [4.78, 5) is 0. The van der Waals surface area contributed by atoms with Crippen LogP contribution in [0.2, 0.25) is 0 Å². The van der Waals surface area contributed by atoms with Gasteiger partial charge in [0.2, 0.25) is 0 Å². The van der Waals surface area contributed by atoms with Gasteiger partial charge in [0.15, 0.2) is 0 Å². The lowest BCUT2D eigenvalue weighted by molar-refractivity contribution is 0.478. The average Bonchev–Trinajstić information content (AvgIpc) is 2.59. The summed E-state index contributed by atoms with van der Waals surface area (Å²) in [7, 11) is -3.75. The van der Waals surface area contributed by atoms with Crippen LogP contribution in [0.5, 0.6) is 0 Å². The number of unbranched alkanes of at least 4 members (excludes halogenated alkanes) is 18. The maximum Gasteiger partial charge on any atom is 0.264 e. The van der Waals surface area contributed by atoms with Gasteiger partial charge >= 0.3 is 0 Å². The molecule has 0 radical (unpaired) electrons. The van der Waals surface area contributed by atoms with Crippen molar-refractivity contribution in [2.24, 2.45) is 5.73 Å². The van der Waals surface area contributed by atoms with Gasteiger partial charge in [-0.1, -0.05) is 109 Å². The molecule has 0 aliphatic heterocycles. The summed E-state index contributed by atoms with van der Waals surface area (Å²) in [6, 6.07) is 0. The predicted molar refractivity (Wildman–Crippen MR) is 120 cm³/mol. The highest BCUT2D eigenvalue weighted by Crippen LogP contribution is 2.14. The topological polar surface area (TPSA) is 80.4 Å². The number of rotatable bonds is 21. The summed E-state index contributed by atoms with van der Waals surface area (Å²) in [6.07, 6.45) is 24.1. The summed E-state index contributed by atoms with van der Waals surface area (Å²) in [5, 5.41) is 0. The van der Waals surface area contributed by atoms with Crippen LogP contribution in [0.25, 0.3) is 0 Å². The standard InChI is InChI=1S/C21H45NO3S.ClH/c22-20-18-16-14-12-10-8-6-4-2-1-3-5-7-9-11-13-15-17-19-21-26(23,24)25;/h1-22H2,(H,23,24,25);1H. The van der Waals surface area contributed by atoms with Crippen LogP contribution in [0, 0.1) is 0 Å². The molecule has 0 spiro atoms. The molecule has 0 fully saturated rings. The van der Waals surface area contributed by atoms with E-state index in [4.69, 9.17) is 10.3 Å². The fourth-order valence-corrected chi connectivity index (χ4v) is 4.00. The minimum absolute atomic E-state index is 0. The number of hydrogen-bond acceptors (Lipinski definition) is 3. The maximum atomic E-state index is 10.6. The SMILES string of the molecule is Cl.NCCCCCCCCCCCCCCCCCCCCCS(=O)(=O)O. The molecular formula is C21H46ClNO3S. The Kier molecular flexibility index (Phi) is 24.4. The van der Waals surface area contributed by atoms with E-state index >= 15 is 0 Å². The quantitative estimate of drug-likeness (QED) is 0.158. The van der Waals surface area contributed by atoms with Crippen LogP contribution in [-0.2, 0) is 10.1 Å². The zero-order valence-corrected chi connectivity index (χ0v) is 19.1. The smallest absolute Gasteiger partial charge is 0.264 e. The third-order valence-electron chi connectivity index (χ3n) is 5.11. The molecule has 0 aliphatic carbocycles. The summed E-state index contributed by atoms with van der Waals surface area (Å²) < 4.78 is 29.8. The zero-order valence-electron chi connectivity index (χ0n) is 17.5. The molecular weight excluding hydrogens is 382 g/mol. The van der Waals surface area contributed by atoms with E-state index in [-0.39, 0.29) is 18.2 Å². The van der Waals surface area contributed by atoms with Gasteiger partial charge in [-0.25, -0.2) is 0 Å². The van der Waals surface area contributed by atoms with Crippen LogP contribution >= 0.6 is 12.4 Å². The van der Waals surface area contributed by atoms with Crippen molar-refractivity contribution in [3.63, 3.8) is 0 Å². The Bertz CT molecular complexity index is 378. The first-order valence-electron chi connectivity index (χ1n) is 11.2. The first kappa shape index (κ1) is 29.4. The van der Waals surface area contributed by atoms with E-state index in [2.05, 4.69) is 0 Å². The normalized spacial score (nSPS) is 11.5. The van der Waals surface area contributed by atoms with Gasteiger partial charge in [-0.3, -0.25) is 4.55 Å². The zero-order chi connectivity index (χ0) is 19.3. The molecule has 0 aromatic carbocycles. The first-order valence-corrected chi connectivity index (χ1v) is 12.8. The summed E-state index contributed by atoms with van der Waals surface area (Å²) in [5.41, 5.74) is 5.49. The van der Waals surface area contributed by atoms with Crippen LogP contribution in [0.1, 0.15) is 122 Å². The molecule has 0 rings (SSSR count). The van der Waals surface area contributed by atoms with Gasteiger partial charge in [-0.2, -0.15) is 8.42 Å². The van der Waals surface area contributed by atoms with Gasteiger partial charge in [0, 0.05) is 0 Å². The molecule has 0 unspecified atom stereocenters.